The highest BCUT2D eigenvalue weighted by atomic mass is 16.2. The van der Waals surface area contributed by atoms with Crippen molar-refractivity contribution < 1.29 is 9.59 Å². The van der Waals surface area contributed by atoms with E-state index in [2.05, 4.69) is 5.32 Å². The second kappa shape index (κ2) is 5.00. The first-order valence-corrected chi connectivity index (χ1v) is 7.37. The maximum Gasteiger partial charge on any atom is 0.247 e. The summed E-state index contributed by atoms with van der Waals surface area (Å²) in [5.41, 5.74) is 0. The van der Waals surface area contributed by atoms with Crippen LogP contribution in [0, 0.1) is 0 Å². The van der Waals surface area contributed by atoms with E-state index in [1.165, 1.54) is 12.8 Å². The Morgan fingerprint density at radius 3 is 2.22 bits per heavy atom. The van der Waals surface area contributed by atoms with Crippen molar-refractivity contribution in [1.29, 1.82) is 0 Å². The van der Waals surface area contributed by atoms with Crippen LogP contribution in [0.2, 0.25) is 0 Å². The van der Waals surface area contributed by atoms with Crippen LogP contribution in [-0.4, -0.2) is 34.8 Å². The van der Waals surface area contributed by atoms with Crippen LogP contribution in [0.5, 0.6) is 0 Å². The predicted molar refractivity (Wildman–Crippen MR) is 67.9 cm³/mol. The Bertz CT molecular complexity index is 344. The van der Waals surface area contributed by atoms with Crippen LogP contribution in [0.25, 0.3) is 0 Å². The van der Waals surface area contributed by atoms with Gasteiger partial charge >= 0.3 is 0 Å². The SMILES string of the molecule is O=C1CC(NC2CCCC2)C(=O)N1C1CCCC1. The van der Waals surface area contributed by atoms with Crippen LogP contribution in [-0.2, 0) is 9.59 Å². The summed E-state index contributed by atoms with van der Waals surface area (Å²) in [4.78, 5) is 25.9. The smallest absolute Gasteiger partial charge is 0.247 e. The molecule has 3 fully saturated rings. The number of carbonyl (C=O) groups is 2. The van der Waals surface area contributed by atoms with Crippen molar-refractivity contribution in [3.63, 3.8) is 0 Å². The number of imide groups is 1. The Balaban J connectivity index is 1.63. The van der Waals surface area contributed by atoms with E-state index in [-0.39, 0.29) is 23.9 Å². The van der Waals surface area contributed by atoms with Gasteiger partial charge in [-0.3, -0.25) is 14.5 Å². The largest absolute Gasteiger partial charge is 0.303 e. The first kappa shape index (κ1) is 12.2. The summed E-state index contributed by atoms with van der Waals surface area (Å²) in [6.07, 6.45) is 9.51. The average molecular weight is 250 g/mol. The number of nitrogens with one attached hydrogen (secondary N) is 1. The third kappa shape index (κ3) is 2.18. The zero-order valence-electron chi connectivity index (χ0n) is 10.9. The number of rotatable bonds is 3. The summed E-state index contributed by atoms with van der Waals surface area (Å²) in [5.74, 6) is 0.0844. The maximum absolute atomic E-state index is 12.3. The highest BCUT2D eigenvalue weighted by molar-refractivity contribution is 6.05. The number of likely N-dealkylation sites (tertiary alicyclic amines) is 1. The molecule has 2 aliphatic carbocycles. The van der Waals surface area contributed by atoms with Crippen LogP contribution in [0.15, 0.2) is 0 Å². The molecule has 100 valence electrons. The van der Waals surface area contributed by atoms with Crippen molar-refractivity contribution in [3.8, 4) is 0 Å². The quantitative estimate of drug-likeness (QED) is 0.774. The van der Waals surface area contributed by atoms with Gasteiger partial charge in [-0.05, 0) is 25.7 Å². The fourth-order valence-electron chi connectivity index (χ4n) is 3.70. The number of hydrogen-bond donors (Lipinski definition) is 1. The molecule has 0 aromatic carbocycles. The molecular weight excluding hydrogens is 228 g/mol. The molecule has 1 saturated heterocycles. The molecule has 3 aliphatic rings. The van der Waals surface area contributed by atoms with Gasteiger partial charge in [-0.15, -0.1) is 0 Å². The third-order valence-electron chi connectivity index (χ3n) is 4.66. The molecule has 1 N–H and O–H groups in total. The van der Waals surface area contributed by atoms with Gasteiger partial charge in [0.25, 0.3) is 0 Å². The highest BCUT2D eigenvalue weighted by Crippen LogP contribution is 2.29. The Hall–Kier alpha value is -0.900. The lowest BCUT2D eigenvalue weighted by atomic mass is 10.2. The minimum absolute atomic E-state index is 0.0406. The highest BCUT2D eigenvalue weighted by Gasteiger charge is 2.43. The monoisotopic (exact) mass is 250 g/mol. The van der Waals surface area contributed by atoms with Crippen LogP contribution < -0.4 is 5.32 Å². The first-order chi connectivity index (χ1) is 8.75. The summed E-state index contributed by atoms with van der Waals surface area (Å²) >= 11 is 0. The average Bonchev–Trinajstić information content (AvgIpc) is 3.03. The molecular formula is C14H22N2O2. The molecule has 4 nitrogen and oxygen atoms in total. The molecule has 2 saturated carbocycles. The molecule has 0 spiro atoms. The summed E-state index contributed by atoms with van der Waals surface area (Å²) in [5, 5.41) is 3.40. The lowest BCUT2D eigenvalue weighted by Crippen LogP contribution is -2.45. The Labute approximate surface area is 108 Å². The molecule has 1 heterocycles. The minimum atomic E-state index is -0.235. The second-order valence-electron chi connectivity index (χ2n) is 5.95. The predicted octanol–water partition coefficient (Wildman–Crippen LogP) is 1.59. The van der Waals surface area contributed by atoms with Gasteiger partial charge in [0.05, 0.1) is 12.5 Å². The molecule has 18 heavy (non-hydrogen) atoms. The second-order valence-corrected chi connectivity index (χ2v) is 5.95. The van der Waals surface area contributed by atoms with Crippen molar-refractivity contribution in [2.45, 2.75) is 75.9 Å². The molecule has 0 aromatic heterocycles. The fourth-order valence-corrected chi connectivity index (χ4v) is 3.70. The molecule has 1 unspecified atom stereocenters. The van der Waals surface area contributed by atoms with E-state index in [0.29, 0.717) is 12.5 Å². The van der Waals surface area contributed by atoms with Crippen molar-refractivity contribution >= 4 is 11.8 Å². The van der Waals surface area contributed by atoms with E-state index in [0.717, 1.165) is 38.5 Å². The molecule has 4 heteroatoms. The van der Waals surface area contributed by atoms with E-state index < -0.39 is 0 Å². The Morgan fingerprint density at radius 2 is 1.56 bits per heavy atom. The third-order valence-corrected chi connectivity index (χ3v) is 4.66. The zero-order chi connectivity index (χ0) is 12.5. The fraction of sp³-hybridized carbons (Fsp3) is 0.857. The van der Waals surface area contributed by atoms with Crippen LogP contribution in [0.1, 0.15) is 57.8 Å². The van der Waals surface area contributed by atoms with Gasteiger partial charge in [0, 0.05) is 12.1 Å². The van der Waals surface area contributed by atoms with Crippen LogP contribution >= 0.6 is 0 Å². The summed E-state index contributed by atoms with van der Waals surface area (Å²) in [7, 11) is 0. The van der Waals surface area contributed by atoms with Crippen LogP contribution in [0.3, 0.4) is 0 Å². The number of hydrogen-bond acceptors (Lipinski definition) is 3. The summed E-state index contributed by atoms with van der Waals surface area (Å²) < 4.78 is 0. The standard InChI is InChI=1S/C14H22N2O2/c17-13-9-12(15-10-5-1-2-6-10)14(18)16(13)11-7-3-4-8-11/h10-12,15H,1-9H2. The molecule has 0 bridgehead atoms. The van der Waals surface area contributed by atoms with E-state index >= 15 is 0 Å². The first-order valence-electron chi connectivity index (χ1n) is 7.37. The van der Waals surface area contributed by atoms with E-state index in [9.17, 15) is 9.59 Å². The number of carbonyl (C=O) groups excluding carboxylic acids is 2. The molecule has 0 radical (unpaired) electrons. The maximum atomic E-state index is 12.3. The van der Waals surface area contributed by atoms with E-state index in [1.807, 2.05) is 0 Å². The van der Waals surface area contributed by atoms with Gasteiger partial charge in [-0.25, -0.2) is 0 Å². The van der Waals surface area contributed by atoms with Gasteiger partial charge in [-0.1, -0.05) is 25.7 Å². The molecule has 2 amide bonds. The lowest BCUT2D eigenvalue weighted by Gasteiger charge is -2.23. The van der Waals surface area contributed by atoms with Gasteiger partial charge in [0.15, 0.2) is 0 Å². The molecule has 3 rings (SSSR count). The molecule has 0 aromatic rings. The van der Waals surface area contributed by atoms with Gasteiger partial charge in [-0.2, -0.15) is 0 Å². The number of amides is 2. The number of nitrogens with zero attached hydrogens (tertiary/aromatic N) is 1. The van der Waals surface area contributed by atoms with Crippen molar-refractivity contribution in [2.24, 2.45) is 0 Å². The van der Waals surface area contributed by atoms with Gasteiger partial charge in [0.2, 0.25) is 11.8 Å². The molecule has 1 aliphatic heterocycles. The normalized spacial score (nSPS) is 30.9. The zero-order valence-corrected chi connectivity index (χ0v) is 10.9. The summed E-state index contributed by atoms with van der Waals surface area (Å²) in [6.45, 7) is 0. The van der Waals surface area contributed by atoms with Gasteiger partial charge in [0.1, 0.15) is 0 Å². The lowest BCUT2D eigenvalue weighted by molar-refractivity contribution is -0.141. The van der Waals surface area contributed by atoms with Crippen molar-refractivity contribution in [2.75, 3.05) is 0 Å². The Morgan fingerprint density at radius 1 is 0.944 bits per heavy atom. The van der Waals surface area contributed by atoms with Crippen molar-refractivity contribution in [3.05, 3.63) is 0 Å². The molecule has 1 atom stereocenters. The van der Waals surface area contributed by atoms with Crippen LogP contribution in [0.4, 0.5) is 0 Å². The van der Waals surface area contributed by atoms with Gasteiger partial charge < -0.3 is 5.32 Å². The topological polar surface area (TPSA) is 49.4 Å². The van der Waals surface area contributed by atoms with E-state index in [1.54, 1.807) is 4.90 Å². The summed E-state index contributed by atoms with van der Waals surface area (Å²) in [6, 6.07) is 0.414. The van der Waals surface area contributed by atoms with Crippen molar-refractivity contribution in [1.82, 2.24) is 10.2 Å². The minimum Gasteiger partial charge on any atom is -0.303 e. The van der Waals surface area contributed by atoms with E-state index in [4.69, 9.17) is 0 Å². The Kier molecular flexibility index (Phi) is 3.37.